The number of aromatic nitrogens is 3. The molecule has 0 aliphatic heterocycles. The van der Waals surface area contributed by atoms with Crippen LogP contribution in [0, 0.1) is 11.7 Å². The largest absolute Gasteiger partial charge is 0.398 e. The Bertz CT molecular complexity index is 1570. The minimum atomic E-state index is -0.189. The third kappa shape index (κ3) is 8.43. The smallest absolute Gasteiger partial charge is 0.226 e. The first-order chi connectivity index (χ1) is 21.4. The Labute approximate surface area is 264 Å². The molecule has 2 unspecified atom stereocenters. The lowest BCUT2D eigenvalue weighted by atomic mass is 10.1. The van der Waals surface area contributed by atoms with Crippen LogP contribution in [0.25, 0.3) is 16.7 Å². The van der Waals surface area contributed by atoms with Crippen LogP contribution in [0.1, 0.15) is 48.4 Å². The number of benzene rings is 2. The highest BCUT2D eigenvalue weighted by molar-refractivity contribution is 6.28. The van der Waals surface area contributed by atoms with Gasteiger partial charge in [0.25, 0.3) is 0 Å². The third-order valence-electron chi connectivity index (χ3n) is 8.33. The van der Waals surface area contributed by atoms with E-state index in [-0.39, 0.29) is 17.1 Å². The van der Waals surface area contributed by atoms with E-state index in [2.05, 4.69) is 43.0 Å². The van der Waals surface area contributed by atoms with Crippen molar-refractivity contribution in [2.75, 3.05) is 39.0 Å². The topological polar surface area (TPSA) is 110 Å². The molecule has 4 aromatic rings. The number of nitrogens with zero attached hydrogens (tertiary/aromatic N) is 5. The molecule has 0 spiro atoms. The highest BCUT2D eigenvalue weighted by Crippen LogP contribution is 2.39. The molecule has 2 atom stereocenters. The molecule has 1 aliphatic rings. The van der Waals surface area contributed by atoms with Crippen LogP contribution in [0.4, 0.5) is 10.2 Å². The number of hydrogen-bond acceptors (Lipinski definition) is 7. The number of rotatable bonds is 14. The molecule has 1 saturated carbocycles. The Kier molecular flexibility index (Phi) is 11.0. The summed E-state index contributed by atoms with van der Waals surface area (Å²) in [6, 6.07) is 17.1. The maximum Gasteiger partial charge on any atom is 0.226 e. The van der Waals surface area contributed by atoms with Crippen LogP contribution in [-0.4, -0.2) is 58.9 Å². The van der Waals surface area contributed by atoms with E-state index in [0.29, 0.717) is 24.0 Å². The van der Waals surface area contributed by atoms with Gasteiger partial charge in [-0.15, -0.1) is 0 Å². The van der Waals surface area contributed by atoms with Crippen molar-refractivity contribution >= 4 is 40.4 Å². The fourth-order valence-corrected chi connectivity index (χ4v) is 6.26. The normalized spacial score (nSPS) is 17.4. The number of anilines is 1. The Morgan fingerprint density at radius 3 is 2.70 bits per heavy atom. The van der Waals surface area contributed by atoms with Gasteiger partial charge in [-0.2, -0.15) is 4.98 Å². The predicted molar refractivity (Wildman–Crippen MR) is 179 cm³/mol. The van der Waals surface area contributed by atoms with E-state index in [1.807, 2.05) is 42.5 Å². The number of nitrogens with one attached hydrogen (secondary N) is 1. The highest BCUT2D eigenvalue weighted by atomic mass is 35.5. The zero-order valence-corrected chi connectivity index (χ0v) is 26.1. The fourth-order valence-electron chi connectivity index (χ4n) is 6.09. The highest BCUT2D eigenvalue weighted by Gasteiger charge is 2.29. The second-order valence-electron chi connectivity index (χ2n) is 11.7. The van der Waals surface area contributed by atoms with Crippen LogP contribution in [-0.2, 0) is 13.0 Å². The van der Waals surface area contributed by atoms with E-state index in [4.69, 9.17) is 23.1 Å². The van der Waals surface area contributed by atoms with Gasteiger partial charge in [0.05, 0.1) is 11.9 Å². The third-order valence-corrected chi connectivity index (χ3v) is 8.50. The second kappa shape index (κ2) is 15.3. The van der Waals surface area contributed by atoms with Crippen molar-refractivity contribution in [3.63, 3.8) is 0 Å². The first kappa shape index (κ1) is 31.6. The molecule has 8 nitrogen and oxygen atoms in total. The number of nitrogens with two attached hydrogens (primary N) is 2. The lowest BCUT2D eigenvalue weighted by Crippen LogP contribution is -2.28. The van der Waals surface area contributed by atoms with E-state index in [1.54, 1.807) is 12.3 Å². The molecule has 1 fully saturated rings. The quantitative estimate of drug-likeness (QED) is 0.0928. The Morgan fingerprint density at radius 1 is 1.11 bits per heavy atom. The van der Waals surface area contributed by atoms with Crippen LogP contribution < -0.4 is 16.8 Å². The molecule has 44 heavy (non-hydrogen) atoms. The number of allylic oxidation sites excluding steroid dienone is 1. The first-order valence-corrected chi connectivity index (χ1v) is 15.7. The van der Waals surface area contributed by atoms with Gasteiger partial charge in [-0.3, -0.25) is 4.99 Å². The minimum Gasteiger partial charge on any atom is -0.398 e. The van der Waals surface area contributed by atoms with E-state index in [0.717, 1.165) is 86.0 Å². The van der Waals surface area contributed by atoms with Crippen molar-refractivity contribution in [2.45, 2.75) is 44.7 Å². The molecule has 5 N–H and O–H groups in total. The van der Waals surface area contributed by atoms with Crippen molar-refractivity contribution in [1.29, 1.82) is 0 Å². The summed E-state index contributed by atoms with van der Waals surface area (Å²) in [7, 11) is 2.20. The summed E-state index contributed by atoms with van der Waals surface area (Å²) in [6.45, 7) is 4.53. The van der Waals surface area contributed by atoms with Gasteiger partial charge in [-0.05, 0) is 106 Å². The van der Waals surface area contributed by atoms with Gasteiger partial charge >= 0.3 is 0 Å². The number of nitrogen functional groups attached to an aromatic ring is 1. The second-order valence-corrected chi connectivity index (χ2v) is 12.0. The summed E-state index contributed by atoms with van der Waals surface area (Å²) in [4.78, 5) is 15.7. The van der Waals surface area contributed by atoms with Gasteiger partial charge in [0, 0.05) is 36.3 Å². The van der Waals surface area contributed by atoms with Crippen LogP contribution >= 0.6 is 11.6 Å². The molecule has 10 heteroatoms. The molecule has 0 amide bonds. The lowest BCUT2D eigenvalue weighted by molar-refractivity contribution is 0.270. The van der Waals surface area contributed by atoms with Crippen LogP contribution in [0.5, 0.6) is 0 Å². The standard InChI is InChI=1S/C34H42ClFN8/c1-43(19-5-16-39-17-14-24-8-11-27(36)12-9-24)22-26-10-13-28(20-26)44-23-29(31-32(38)41-34(35)42-33(31)44)30(37)15-18-40-21-25-6-3-2-4-7-25/h2-4,6-9,11-12,15,18,23,26,28,39H,5,10,13-14,16-17,19-22,37H2,1H3,(H2,38,41,42)/b30-15-,40-18?. The molecule has 2 heterocycles. The Morgan fingerprint density at radius 2 is 1.91 bits per heavy atom. The average Bonchev–Trinajstić information content (AvgIpc) is 3.63. The monoisotopic (exact) mass is 616 g/mol. The van der Waals surface area contributed by atoms with Gasteiger partial charge in [0.1, 0.15) is 17.3 Å². The van der Waals surface area contributed by atoms with Crippen LogP contribution in [0.2, 0.25) is 5.28 Å². The van der Waals surface area contributed by atoms with Gasteiger partial charge in [0.2, 0.25) is 5.28 Å². The maximum absolute atomic E-state index is 13.1. The minimum absolute atomic E-state index is 0.133. The summed E-state index contributed by atoms with van der Waals surface area (Å²) >= 11 is 6.26. The molecule has 0 radical (unpaired) electrons. The summed E-state index contributed by atoms with van der Waals surface area (Å²) < 4.78 is 15.3. The molecule has 2 aromatic carbocycles. The van der Waals surface area contributed by atoms with Gasteiger partial charge in [-0.25, -0.2) is 9.37 Å². The van der Waals surface area contributed by atoms with E-state index >= 15 is 0 Å². The van der Waals surface area contributed by atoms with E-state index in [9.17, 15) is 4.39 Å². The van der Waals surface area contributed by atoms with Crippen LogP contribution in [0.15, 0.2) is 71.9 Å². The summed E-state index contributed by atoms with van der Waals surface area (Å²) in [5, 5.41) is 4.37. The lowest BCUT2D eigenvalue weighted by Gasteiger charge is -2.21. The van der Waals surface area contributed by atoms with Crippen molar-refractivity contribution in [2.24, 2.45) is 16.6 Å². The van der Waals surface area contributed by atoms with Crippen molar-refractivity contribution in [1.82, 2.24) is 24.8 Å². The van der Waals surface area contributed by atoms with E-state index < -0.39 is 0 Å². The Balaban J connectivity index is 1.15. The van der Waals surface area contributed by atoms with Gasteiger partial charge < -0.3 is 26.3 Å². The molecule has 1 aliphatic carbocycles. The molecule has 0 bridgehead atoms. The average molecular weight is 617 g/mol. The maximum atomic E-state index is 13.1. The fraction of sp³-hybridized carbons (Fsp3) is 0.382. The zero-order valence-electron chi connectivity index (χ0n) is 25.3. The number of fused-ring (bicyclic) bond motifs is 1. The predicted octanol–water partition coefficient (Wildman–Crippen LogP) is 5.87. The molecular weight excluding hydrogens is 575 g/mol. The molecule has 0 saturated heterocycles. The van der Waals surface area contributed by atoms with E-state index in [1.165, 1.54) is 12.1 Å². The number of aliphatic imine (C=N–C) groups is 1. The molecular formula is C34H42ClFN8. The molecule has 232 valence electrons. The Hall–Kier alpha value is -3.79. The van der Waals surface area contributed by atoms with Crippen LogP contribution in [0.3, 0.4) is 0 Å². The van der Waals surface area contributed by atoms with Crippen molar-refractivity contribution in [3.8, 4) is 0 Å². The number of halogens is 2. The molecule has 5 rings (SSSR count). The summed E-state index contributed by atoms with van der Waals surface area (Å²) in [5.74, 6) is 0.725. The van der Waals surface area contributed by atoms with Crippen molar-refractivity contribution in [3.05, 3.63) is 94.7 Å². The SMILES string of the molecule is CN(CCCNCCc1ccc(F)cc1)CC1CCC(n2cc(/C(N)=C/C=NCc3ccccc3)c3c(N)nc(Cl)nc32)C1. The van der Waals surface area contributed by atoms with Gasteiger partial charge in [0.15, 0.2) is 0 Å². The van der Waals surface area contributed by atoms with Crippen molar-refractivity contribution < 1.29 is 4.39 Å². The van der Waals surface area contributed by atoms with Gasteiger partial charge in [-0.1, -0.05) is 42.5 Å². The first-order valence-electron chi connectivity index (χ1n) is 15.3. The molecule has 2 aromatic heterocycles. The number of hydrogen-bond donors (Lipinski definition) is 3. The summed E-state index contributed by atoms with van der Waals surface area (Å²) in [5.41, 5.74) is 17.3. The summed E-state index contributed by atoms with van der Waals surface area (Å²) in [6.07, 6.45) is 10.8. The zero-order chi connectivity index (χ0) is 30.9.